The molecule has 1 heterocycles. The predicted molar refractivity (Wildman–Crippen MR) is 103 cm³/mol. The van der Waals surface area contributed by atoms with Crippen LogP contribution in [0, 0.1) is 17.2 Å². The average Bonchev–Trinajstić information content (AvgIpc) is 2.94. The number of sulfonamides is 1. The van der Waals surface area contributed by atoms with Crippen molar-refractivity contribution in [3.05, 3.63) is 65.2 Å². The highest BCUT2D eigenvalue weighted by atomic mass is 32.2. The second-order valence-corrected chi connectivity index (χ2v) is 8.34. The van der Waals surface area contributed by atoms with Gasteiger partial charge in [-0.1, -0.05) is 38.1 Å². The minimum absolute atomic E-state index is 0.00470. The first-order valence-corrected chi connectivity index (χ1v) is 10.2. The summed E-state index contributed by atoms with van der Waals surface area (Å²) in [5, 5.41) is 8.95. The Morgan fingerprint density at radius 1 is 1.21 bits per heavy atom. The van der Waals surface area contributed by atoms with Gasteiger partial charge in [-0.15, -0.1) is 0 Å². The minimum Gasteiger partial charge on any atom is -0.459 e. The van der Waals surface area contributed by atoms with Crippen molar-refractivity contribution in [3.8, 4) is 6.07 Å². The van der Waals surface area contributed by atoms with Crippen molar-refractivity contribution in [2.75, 3.05) is 0 Å². The summed E-state index contributed by atoms with van der Waals surface area (Å²) < 4.78 is 32.2. The summed E-state index contributed by atoms with van der Waals surface area (Å²) in [6, 6.07) is 14.4. The smallest absolute Gasteiger partial charge is 0.331 e. The summed E-state index contributed by atoms with van der Waals surface area (Å²) in [5.74, 6) is -0.631. The molecule has 1 aliphatic rings. The van der Waals surface area contributed by atoms with E-state index in [9.17, 15) is 13.2 Å². The molecule has 0 saturated carbocycles. The van der Waals surface area contributed by atoms with Crippen LogP contribution in [0.3, 0.4) is 0 Å². The summed E-state index contributed by atoms with van der Waals surface area (Å²) in [7, 11) is -3.68. The van der Waals surface area contributed by atoms with Crippen LogP contribution in [0.25, 0.3) is 0 Å². The summed E-state index contributed by atoms with van der Waals surface area (Å²) in [6.45, 7) is 3.62. The molecule has 0 amide bonds. The van der Waals surface area contributed by atoms with E-state index in [2.05, 4.69) is 9.71 Å². The minimum atomic E-state index is -3.68. The molecule has 1 aliphatic heterocycles. The van der Waals surface area contributed by atoms with Crippen molar-refractivity contribution in [2.45, 2.75) is 31.4 Å². The van der Waals surface area contributed by atoms with Gasteiger partial charge in [0.2, 0.25) is 0 Å². The van der Waals surface area contributed by atoms with Crippen LogP contribution >= 0.6 is 0 Å². The van der Waals surface area contributed by atoms with Crippen molar-refractivity contribution in [3.63, 3.8) is 0 Å². The summed E-state index contributed by atoms with van der Waals surface area (Å²) in [5.41, 5.74) is 1.60. The number of nitriles is 1. The van der Waals surface area contributed by atoms with Gasteiger partial charge in [0.15, 0.2) is 6.04 Å². The normalized spacial score (nSPS) is 16.9. The fraction of sp³-hybridized carbons (Fsp3) is 0.250. The molecule has 2 aromatic carbocycles. The van der Waals surface area contributed by atoms with Crippen LogP contribution in [0.1, 0.15) is 30.5 Å². The van der Waals surface area contributed by atoms with Crippen molar-refractivity contribution in [1.82, 2.24) is 4.72 Å². The number of carbonyl (C=O) groups is 1. The maximum Gasteiger partial charge on any atom is 0.331 e. The number of ether oxygens (including phenoxy) is 1. The van der Waals surface area contributed by atoms with Gasteiger partial charge in [-0.25, -0.2) is 13.2 Å². The van der Waals surface area contributed by atoms with E-state index in [0.717, 1.165) is 0 Å². The zero-order valence-electron chi connectivity index (χ0n) is 15.4. The molecule has 0 bridgehead atoms. The van der Waals surface area contributed by atoms with E-state index in [1.165, 1.54) is 6.07 Å². The highest BCUT2D eigenvalue weighted by Crippen LogP contribution is 2.23. The topological polar surface area (TPSA) is 109 Å². The maximum absolute atomic E-state index is 12.6. The van der Waals surface area contributed by atoms with E-state index in [0.29, 0.717) is 16.7 Å². The van der Waals surface area contributed by atoms with Gasteiger partial charge in [-0.3, -0.25) is 9.71 Å². The molecule has 1 atom stereocenters. The number of rotatable bonds is 5. The molecule has 2 aromatic rings. The molecule has 0 aromatic heterocycles. The molecule has 0 unspecified atom stereocenters. The standard InChI is InChI=1S/C20H19N3O4S/c1-13(2)18(20(24)27-12-15-7-5-6-14(10-15)11-21)22-19-16-8-3-4-9-17(16)28(25,26)23-19/h3-10,13,18H,12H2,1-2H3,(H,22,23)/t18-/m0/s1. The summed E-state index contributed by atoms with van der Waals surface area (Å²) in [4.78, 5) is 17.1. The Labute approximate surface area is 163 Å². The number of benzene rings is 2. The Hall–Kier alpha value is -3.18. The fourth-order valence-corrected chi connectivity index (χ4v) is 4.05. The van der Waals surface area contributed by atoms with Crippen molar-refractivity contribution in [2.24, 2.45) is 10.9 Å². The first kappa shape index (κ1) is 19.6. The van der Waals surface area contributed by atoms with Crippen LogP contribution in [0.15, 0.2) is 58.4 Å². The van der Waals surface area contributed by atoms with Crippen molar-refractivity contribution >= 4 is 21.8 Å². The van der Waals surface area contributed by atoms with Gasteiger partial charge in [0.05, 0.1) is 16.5 Å². The van der Waals surface area contributed by atoms with Crippen molar-refractivity contribution < 1.29 is 17.9 Å². The van der Waals surface area contributed by atoms with E-state index in [-0.39, 0.29) is 23.3 Å². The number of hydrogen-bond donors (Lipinski definition) is 1. The molecule has 0 spiro atoms. The van der Waals surface area contributed by atoms with Gasteiger partial charge < -0.3 is 4.74 Å². The van der Waals surface area contributed by atoms with Gasteiger partial charge in [0.25, 0.3) is 10.0 Å². The number of esters is 1. The maximum atomic E-state index is 12.6. The lowest BCUT2D eigenvalue weighted by molar-refractivity contribution is -0.147. The Balaban J connectivity index is 1.81. The molecule has 0 fully saturated rings. The zero-order valence-corrected chi connectivity index (χ0v) is 16.2. The Bertz CT molecular complexity index is 1080. The van der Waals surface area contributed by atoms with Gasteiger partial charge in [0.1, 0.15) is 12.4 Å². The zero-order chi connectivity index (χ0) is 20.3. The number of amidine groups is 1. The van der Waals surface area contributed by atoms with E-state index in [1.807, 2.05) is 19.9 Å². The average molecular weight is 397 g/mol. The second kappa shape index (κ2) is 7.82. The van der Waals surface area contributed by atoms with Gasteiger partial charge in [0, 0.05) is 5.56 Å². The Kier molecular flexibility index (Phi) is 5.47. The number of nitrogens with zero attached hydrogens (tertiary/aromatic N) is 2. The van der Waals surface area contributed by atoms with Crippen LogP contribution in [-0.4, -0.2) is 26.3 Å². The Morgan fingerprint density at radius 3 is 2.68 bits per heavy atom. The molecule has 7 nitrogen and oxygen atoms in total. The fourth-order valence-electron chi connectivity index (χ4n) is 2.81. The number of aliphatic imine (C=N–C) groups is 1. The third-order valence-corrected chi connectivity index (χ3v) is 5.64. The quantitative estimate of drug-likeness (QED) is 0.779. The van der Waals surface area contributed by atoms with E-state index in [4.69, 9.17) is 10.00 Å². The monoisotopic (exact) mass is 397 g/mol. The summed E-state index contributed by atoms with van der Waals surface area (Å²) in [6.07, 6.45) is 0. The molecule has 3 rings (SSSR count). The number of fused-ring (bicyclic) bond motifs is 1. The SMILES string of the molecule is CC(C)[C@H](N=C1NS(=O)(=O)c2ccccc21)C(=O)OCc1cccc(C#N)c1. The predicted octanol–water partition coefficient (Wildman–Crippen LogP) is 2.36. The van der Waals surface area contributed by atoms with Crippen molar-refractivity contribution in [1.29, 1.82) is 5.26 Å². The lowest BCUT2D eigenvalue weighted by atomic mass is 10.0. The number of hydrogen-bond acceptors (Lipinski definition) is 6. The third kappa shape index (κ3) is 4.05. The molecule has 0 saturated heterocycles. The van der Waals surface area contributed by atoms with Crippen LogP contribution in [0.2, 0.25) is 0 Å². The molecular formula is C20H19N3O4S. The number of nitrogens with one attached hydrogen (secondary N) is 1. The second-order valence-electron chi connectivity index (χ2n) is 6.69. The van der Waals surface area contributed by atoms with Crippen LogP contribution in [0.4, 0.5) is 0 Å². The highest BCUT2D eigenvalue weighted by molar-refractivity contribution is 7.90. The summed E-state index contributed by atoms with van der Waals surface area (Å²) >= 11 is 0. The first-order chi connectivity index (χ1) is 13.3. The van der Waals surface area contributed by atoms with Crippen LogP contribution in [0.5, 0.6) is 0 Å². The molecule has 8 heteroatoms. The largest absolute Gasteiger partial charge is 0.459 e. The van der Waals surface area contributed by atoms with E-state index < -0.39 is 22.0 Å². The van der Waals surface area contributed by atoms with Gasteiger partial charge >= 0.3 is 5.97 Å². The lowest BCUT2D eigenvalue weighted by Crippen LogP contribution is -2.31. The number of carbonyl (C=O) groups excluding carboxylic acids is 1. The third-order valence-electron chi connectivity index (χ3n) is 4.24. The molecule has 0 radical (unpaired) electrons. The van der Waals surface area contributed by atoms with Crippen LogP contribution < -0.4 is 4.72 Å². The molecule has 0 aliphatic carbocycles. The van der Waals surface area contributed by atoms with E-state index >= 15 is 0 Å². The van der Waals surface area contributed by atoms with E-state index in [1.54, 1.807) is 42.5 Å². The Morgan fingerprint density at radius 2 is 1.96 bits per heavy atom. The molecule has 28 heavy (non-hydrogen) atoms. The molecular weight excluding hydrogens is 378 g/mol. The molecule has 1 N–H and O–H groups in total. The van der Waals surface area contributed by atoms with Gasteiger partial charge in [-0.05, 0) is 35.7 Å². The van der Waals surface area contributed by atoms with Crippen LogP contribution in [-0.2, 0) is 26.2 Å². The lowest BCUT2D eigenvalue weighted by Gasteiger charge is -2.16. The first-order valence-electron chi connectivity index (χ1n) is 8.67. The van der Waals surface area contributed by atoms with Gasteiger partial charge in [-0.2, -0.15) is 5.26 Å². The highest BCUT2D eigenvalue weighted by Gasteiger charge is 2.33. The molecule has 144 valence electrons.